The Morgan fingerprint density at radius 1 is 1.16 bits per heavy atom. The molecule has 4 rings (SSSR count). The second-order valence-electron chi connectivity index (χ2n) is 7.26. The zero-order valence-corrected chi connectivity index (χ0v) is 15.0. The molecule has 0 saturated carbocycles. The van der Waals surface area contributed by atoms with Gasteiger partial charge in [0, 0.05) is 44.6 Å². The highest BCUT2D eigenvalue weighted by Crippen LogP contribution is 2.27. The molecule has 0 spiro atoms. The molecular formula is C20H28N4O. The summed E-state index contributed by atoms with van der Waals surface area (Å²) in [4.78, 5) is 6.96. The van der Waals surface area contributed by atoms with Crippen LogP contribution in [0.3, 0.4) is 0 Å². The lowest BCUT2D eigenvalue weighted by Crippen LogP contribution is -2.44. The zero-order valence-electron chi connectivity index (χ0n) is 15.0. The van der Waals surface area contributed by atoms with Crippen LogP contribution in [0.4, 0.5) is 0 Å². The van der Waals surface area contributed by atoms with Gasteiger partial charge >= 0.3 is 0 Å². The average Bonchev–Trinajstić information content (AvgIpc) is 3.25. The molecule has 2 aliphatic heterocycles. The van der Waals surface area contributed by atoms with Gasteiger partial charge in [0.1, 0.15) is 18.2 Å². The van der Waals surface area contributed by atoms with Crippen LogP contribution in [0.1, 0.15) is 37.1 Å². The first-order chi connectivity index (χ1) is 12.3. The fourth-order valence-electron chi connectivity index (χ4n) is 4.12. The van der Waals surface area contributed by atoms with Crippen LogP contribution in [0.2, 0.25) is 0 Å². The monoisotopic (exact) mass is 340 g/mol. The first-order valence-electron chi connectivity index (χ1n) is 9.45. The van der Waals surface area contributed by atoms with Crippen LogP contribution in [0.15, 0.2) is 36.7 Å². The summed E-state index contributed by atoms with van der Waals surface area (Å²) in [5.74, 6) is 1.83. The van der Waals surface area contributed by atoms with E-state index in [1.54, 1.807) is 6.20 Å². The number of nitrogens with one attached hydrogen (secondary N) is 1. The molecule has 3 heterocycles. The van der Waals surface area contributed by atoms with Gasteiger partial charge in [0.05, 0.1) is 0 Å². The van der Waals surface area contributed by atoms with E-state index in [2.05, 4.69) is 39.5 Å². The number of fused-ring (bicyclic) bond motifs is 1. The fraction of sp³-hybridized carbons (Fsp3) is 0.550. The van der Waals surface area contributed by atoms with Gasteiger partial charge in [0.25, 0.3) is 0 Å². The second kappa shape index (κ2) is 7.58. The van der Waals surface area contributed by atoms with Crippen LogP contribution in [0, 0.1) is 0 Å². The summed E-state index contributed by atoms with van der Waals surface area (Å²) in [5.41, 5.74) is 1.32. The molecule has 1 aromatic carbocycles. The van der Waals surface area contributed by atoms with Gasteiger partial charge in [0.15, 0.2) is 0 Å². The van der Waals surface area contributed by atoms with Crippen molar-refractivity contribution < 1.29 is 4.74 Å². The third-order valence-electron chi connectivity index (χ3n) is 5.64. The van der Waals surface area contributed by atoms with E-state index in [0.717, 1.165) is 24.2 Å². The number of nitrogens with zero attached hydrogens (tertiary/aromatic N) is 3. The van der Waals surface area contributed by atoms with E-state index in [1.807, 2.05) is 17.8 Å². The van der Waals surface area contributed by atoms with Gasteiger partial charge < -0.3 is 14.6 Å². The number of hydrogen-bond acceptors (Lipinski definition) is 4. The van der Waals surface area contributed by atoms with Gasteiger partial charge in [-0.2, -0.15) is 0 Å². The Kier molecular flexibility index (Phi) is 5.04. The van der Waals surface area contributed by atoms with E-state index in [9.17, 15) is 0 Å². The highest BCUT2D eigenvalue weighted by Gasteiger charge is 2.34. The molecular weight excluding hydrogens is 312 g/mol. The lowest BCUT2D eigenvalue weighted by molar-refractivity contribution is 0.180. The molecule has 1 aromatic heterocycles. The van der Waals surface area contributed by atoms with Crippen molar-refractivity contribution in [2.75, 3.05) is 13.1 Å². The normalized spacial score (nSPS) is 23.6. The molecule has 0 aliphatic carbocycles. The molecule has 0 radical (unpaired) electrons. The molecule has 0 amide bonds. The van der Waals surface area contributed by atoms with E-state index in [-0.39, 0.29) is 0 Å². The summed E-state index contributed by atoms with van der Waals surface area (Å²) in [5, 5.41) is 3.78. The number of aromatic nitrogens is 2. The van der Waals surface area contributed by atoms with Crippen molar-refractivity contribution >= 4 is 0 Å². The van der Waals surface area contributed by atoms with Crippen molar-refractivity contribution in [1.82, 2.24) is 19.8 Å². The molecule has 25 heavy (non-hydrogen) atoms. The second-order valence-corrected chi connectivity index (χ2v) is 7.26. The number of imidazole rings is 1. The summed E-state index contributed by atoms with van der Waals surface area (Å²) >= 11 is 0. The molecule has 5 nitrogen and oxygen atoms in total. The topological polar surface area (TPSA) is 42.3 Å². The molecule has 134 valence electrons. The molecule has 2 aliphatic rings. The van der Waals surface area contributed by atoms with Gasteiger partial charge in [-0.3, -0.25) is 4.90 Å². The number of hydrogen-bond donors (Lipinski definition) is 1. The predicted molar refractivity (Wildman–Crippen MR) is 98.4 cm³/mol. The fourth-order valence-corrected chi connectivity index (χ4v) is 4.12. The summed E-state index contributed by atoms with van der Waals surface area (Å²) in [7, 11) is 1.98. The minimum Gasteiger partial charge on any atom is -0.486 e. The Morgan fingerprint density at radius 2 is 2.04 bits per heavy atom. The molecule has 2 saturated heterocycles. The third kappa shape index (κ3) is 3.88. The lowest BCUT2D eigenvalue weighted by atomic mass is 9.99. The Labute approximate surface area is 150 Å². The smallest absolute Gasteiger partial charge is 0.146 e. The standard InChI is InChI=1S/C20H28N4O/c1-23-13-10-21-20(23)15-25-17-7-5-16(6-8-17)14-22-18-9-12-24-11-3-2-4-19(18)24/h5-8,10,13,18-19,22H,2-4,9,11-12,14-15H2,1H3/t18-,19+/m0/s1. The highest BCUT2D eigenvalue weighted by molar-refractivity contribution is 5.27. The number of aryl methyl sites for hydroxylation is 1. The lowest BCUT2D eigenvalue weighted by Gasteiger charge is -2.32. The van der Waals surface area contributed by atoms with Gasteiger partial charge in [-0.15, -0.1) is 0 Å². The maximum Gasteiger partial charge on any atom is 0.146 e. The Morgan fingerprint density at radius 3 is 2.84 bits per heavy atom. The van der Waals surface area contributed by atoms with Crippen molar-refractivity contribution in [3.8, 4) is 5.75 Å². The summed E-state index contributed by atoms with van der Waals surface area (Å²) in [6.45, 7) is 4.00. The SMILES string of the molecule is Cn1ccnc1COc1ccc(CN[C@H]2CCN3CCCC[C@H]23)cc1. The zero-order chi connectivity index (χ0) is 17.1. The van der Waals surface area contributed by atoms with E-state index < -0.39 is 0 Å². The van der Waals surface area contributed by atoms with Gasteiger partial charge in [0.2, 0.25) is 0 Å². The predicted octanol–water partition coefficient (Wildman–Crippen LogP) is 2.72. The molecule has 2 fully saturated rings. The van der Waals surface area contributed by atoms with E-state index in [0.29, 0.717) is 12.6 Å². The van der Waals surface area contributed by atoms with Crippen molar-refractivity contribution in [2.45, 2.75) is 50.9 Å². The van der Waals surface area contributed by atoms with E-state index in [1.165, 1.54) is 44.3 Å². The van der Waals surface area contributed by atoms with Crippen molar-refractivity contribution in [3.63, 3.8) is 0 Å². The van der Waals surface area contributed by atoms with E-state index >= 15 is 0 Å². The van der Waals surface area contributed by atoms with E-state index in [4.69, 9.17) is 4.74 Å². The largest absolute Gasteiger partial charge is 0.486 e. The molecule has 2 aromatic rings. The van der Waals surface area contributed by atoms with Crippen LogP contribution in [-0.2, 0) is 20.2 Å². The maximum absolute atomic E-state index is 5.82. The first-order valence-corrected chi connectivity index (χ1v) is 9.45. The molecule has 0 bridgehead atoms. The van der Waals surface area contributed by atoms with Crippen LogP contribution in [0.25, 0.3) is 0 Å². The molecule has 0 unspecified atom stereocenters. The van der Waals surface area contributed by atoms with Crippen LogP contribution in [0.5, 0.6) is 5.75 Å². The number of rotatable bonds is 6. The highest BCUT2D eigenvalue weighted by atomic mass is 16.5. The quantitative estimate of drug-likeness (QED) is 0.878. The van der Waals surface area contributed by atoms with Gasteiger partial charge in [-0.25, -0.2) is 4.98 Å². The Bertz CT molecular complexity index is 681. The van der Waals surface area contributed by atoms with Gasteiger partial charge in [-0.1, -0.05) is 18.6 Å². The summed E-state index contributed by atoms with van der Waals surface area (Å²) in [6.07, 6.45) is 9.14. The number of benzene rings is 1. The summed E-state index contributed by atoms with van der Waals surface area (Å²) < 4.78 is 7.81. The van der Waals surface area contributed by atoms with Crippen molar-refractivity contribution in [1.29, 1.82) is 0 Å². The van der Waals surface area contributed by atoms with Crippen LogP contribution in [-0.4, -0.2) is 39.6 Å². The Balaban J connectivity index is 1.27. The third-order valence-corrected chi connectivity index (χ3v) is 5.64. The van der Waals surface area contributed by atoms with Crippen molar-refractivity contribution in [2.24, 2.45) is 7.05 Å². The molecule has 5 heteroatoms. The minimum atomic E-state index is 0.501. The molecule has 1 N–H and O–H groups in total. The molecule has 2 atom stereocenters. The average molecular weight is 340 g/mol. The minimum absolute atomic E-state index is 0.501. The number of ether oxygens (including phenoxy) is 1. The van der Waals surface area contributed by atoms with Gasteiger partial charge in [-0.05, 0) is 43.5 Å². The maximum atomic E-state index is 5.82. The van der Waals surface area contributed by atoms with Crippen LogP contribution < -0.4 is 10.1 Å². The van der Waals surface area contributed by atoms with Crippen molar-refractivity contribution in [3.05, 3.63) is 48.0 Å². The number of piperidine rings is 1. The first kappa shape index (κ1) is 16.6. The summed E-state index contributed by atoms with van der Waals surface area (Å²) in [6, 6.07) is 9.85. The van der Waals surface area contributed by atoms with Crippen LogP contribution >= 0.6 is 0 Å². The Hall–Kier alpha value is -1.85.